The van der Waals surface area contributed by atoms with Crippen LogP contribution in [0.25, 0.3) is 11.1 Å². The second-order valence-electron chi connectivity index (χ2n) is 7.24. The molecule has 3 aromatic carbocycles. The van der Waals surface area contributed by atoms with Crippen molar-refractivity contribution in [3.05, 3.63) is 89.5 Å². The quantitative estimate of drug-likeness (QED) is 0.682. The SMILES string of the molecule is NCC1CCc2cc(NCc3ccc(-c4ccccc4)cc3)ccc2C1. The summed E-state index contributed by atoms with van der Waals surface area (Å²) >= 11 is 0. The summed E-state index contributed by atoms with van der Waals surface area (Å²) in [6, 6.07) is 26.1. The van der Waals surface area contributed by atoms with Gasteiger partial charge in [-0.1, -0.05) is 60.7 Å². The highest BCUT2D eigenvalue weighted by Gasteiger charge is 2.17. The highest BCUT2D eigenvalue weighted by Crippen LogP contribution is 2.27. The van der Waals surface area contributed by atoms with Gasteiger partial charge in [0.05, 0.1) is 0 Å². The van der Waals surface area contributed by atoms with E-state index in [9.17, 15) is 0 Å². The van der Waals surface area contributed by atoms with Crippen molar-refractivity contribution in [1.29, 1.82) is 0 Å². The lowest BCUT2D eigenvalue weighted by Gasteiger charge is -2.24. The van der Waals surface area contributed by atoms with Gasteiger partial charge in [0.25, 0.3) is 0 Å². The maximum atomic E-state index is 5.84. The van der Waals surface area contributed by atoms with Gasteiger partial charge in [-0.2, -0.15) is 0 Å². The van der Waals surface area contributed by atoms with E-state index in [0.29, 0.717) is 5.92 Å². The average Bonchev–Trinajstić information content (AvgIpc) is 2.72. The van der Waals surface area contributed by atoms with Crippen molar-refractivity contribution in [3.8, 4) is 11.1 Å². The molecular formula is C24H26N2. The molecule has 1 aliphatic rings. The second-order valence-corrected chi connectivity index (χ2v) is 7.24. The molecule has 4 rings (SSSR count). The summed E-state index contributed by atoms with van der Waals surface area (Å²) in [5, 5.41) is 3.57. The van der Waals surface area contributed by atoms with E-state index in [-0.39, 0.29) is 0 Å². The first kappa shape index (κ1) is 16.9. The summed E-state index contributed by atoms with van der Waals surface area (Å²) in [6.45, 7) is 1.65. The molecule has 0 bridgehead atoms. The highest BCUT2D eigenvalue weighted by molar-refractivity contribution is 5.63. The zero-order valence-electron chi connectivity index (χ0n) is 15.1. The fraction of sp³-hybridized carbons (Fsp3) is 0.250. The van der Waals surface area contributed by atoms with Crippen LogP contribution in [0.3, 0.4) is 0 Å². The number of aryl methyl sites for hydroxylation is 1. The lowest BCUT2D eigenvalue weighted by molar-refractivity contribution is 0.469. The van der Waals surface area contributed by atoms with Gasteiger partial charge in [0.15, 0.2) is 0 Å². The molecule has 0 saturated carbocycles. The molecule has 3 aromatic rings. The van der Waals surface area contributed by atoms with E-state index >= 15 is 0 Å². The number of rotatable bonds is 5. The van der Waals surface area contributed by atoms with Crippen LogP contribution in [0.2, 0.25) is 0 Å². The average molecular weight is 342 g/mol. The smallest absolute Gasteiger partial charge is 0.0400 e. The lowest BCUT2D eigenvalue weighted by atomic mass is 9.84. The molecule has 0 radical (unpaired) electrons. The number of hydrogen-bond acceptors (Lipinski definition) is 2. The molecule has 0 saturated heterocycles. The number of fused-ring (bicyclic) bond motifs is 1. The fourth-order valence-electron chi connectivity index (χ4n) is 3.79. The van der Waals surface area contributed by atoms with Gasteiger partial charge in [0.2, 0.25) is 0 Å². The fourth-order valence-corrected chi connectivity index (χ4v) is 3.79. The number of anilines is 1. The summed E-state index contributed by atoms with van der Waals surface area (Å²) in [7, 11) is 0. The van der Waals surface area contributed by atoms with E-state index in [1.54, 1.807) is 0 Å². The van der Waals surface area contributed by atoms with Gasteiger partial charge < -0.3 is 11.1 Å². The van der Waals surface area contributed by atoms with Gasteiger partial charge in [-0.25, -0.2) is 0 Å². The molecule has 132 valence electrons. The standard InChI is InChI=1S/C24H26N2/c25-16-19-8-11-23-15-24(13-12-22(23)14-19)26-17-18-6-9-21(10-7-18)20-4-2-1-3-5-20/h1-7,9-10,12-13,15,19,26H,8,11,14,16-17,25H2. The van der Waals surface area contributed by atoms with Crippen molar-refractivity contribution in [1.82, 2.24) is 0 Å². The van der Waals surface area contributed by atoms with Crippen LogP contribution in [0, 0.1) is 5.92 Å². The van der Waals surface area contributed by atoms with E-state index in [2.05, 4.69) is 78.1 Å². The molecular weight excluding hydrogens is 316 g/mol. The Balaban J connectivity index is 1.40. The third-order valence-corrected chi connectivity index (χ3v) is 5.43. The Labute approximate surface area is 156 Å². The van der Waals surface area contributed by atoms with Crippen LogP contribution in [0.5, 0.6) is 0 Å². The predicted octanol–water partition coefficient (Wildman–Crippen LogP) is 5.03. The van der Waals surface area contributed by atoms with Crippen LogP contribution < -0.4 is 11.1 Å². The van der Waals surface area contributed by atoms with Crippen LogP contribution in [0.15, 0.2) is 72.8 Å². The Morgan fingerprint density at radius 3 is 2.38 bits per heavy atom. The van der Waals surface area contributed by atoms with Gasteiger partial charge in [-0.05, 0) is 71.7 Å². The van der Waals surface area contributed by atoms with Crippen molar-refractivity contribution >= 4 is 5.69 Å². The van der Waals surface area contributed by atoms with E-state index in [4.69, 9.17) is 5.73 Å². The van der Waals surface area contributed by atoms with Gasteiger partial charge in [-0.15, -0.1) is 0 Å². The Morgan fingerprint density at radius 2 is 1.62 bits per heavy atom. The summed E-state index contributed by atoms with van der Waals surface area (Å²) in [5.41, 5.74) is 13.8. The number of nitrogens with one attached hydrogen (secondary N) is 1. The molecule has 1 aliphatic carbocycles. The minimum atomic E-state index is 0.657. The van der Waals surface area contributed by atoms with Crippen LogP contribution in [0.4, 0.5) is 5.69 Å². The molecule has 3 N–H and O–H groups in total. The molecule has 26 heavy (non-hydrogen) atoms. The third-order valence-electron chi connectivity index (χ3n) is 5.43. The number of nitrogens with two attached hydrogens (primary N) is 1. The van der Waals surface area contributed by atoms with Crippen molar-refractivity contribution in [2.24, 2.45) is 11.7 Å². The monoisotopic (exact) mass is 342 g/mol. The Bertz CT molecular complexity index is 853. The zero-order valence-corrected chi connectivity index (χ0v) is 15.1. The molecule has 0 amide bonds. The third kappa shape index (κ3) is 3.81. The van der Waals surface area contributed by atoms with E-state index in [1.165, 1.54) is 39.9 Å². The second kappa shape index (κ2) is 7.76. The highest BCUT2D eigenvalue weighted by atomic mass is 14.9. The predicted molar refractivity (Wildman–Crippen MR) is 110 cm³/mol. The minimum absolute atomic E-state index is 0.657. The molecule has 2 nitrogen and oxygen atoms in total. The first-order chi connectivity index (χ1) is 12.8. The minimum Gasteiger partial charge on any atom is -0.381 e. The molecule has 0 aliphatic heterocycles. The van der Waals surface area contributed by atoms with Crippen LogP contribution in [-0.4, -0.2) is 6.54 Å². The van der Waals surface area contributed by atoms with Crippen molar-refractivity contribution in [2.75, 3.05) is 11.9 Å². The molecule has 1 atom stereocenters. The summed E-state index contributed by atoms with van der Waals surface area (Å²) in [4.78, 5) is 0. The topological polar surface area (TPSA) is 38.0 Å². The Morgan fingerprint density at radius 1 is 0.846 bits per heavy atom. The molecule has 1 unspecified atom stereocenters. The van der Waals surface area contributed by atoms with Gasteiger partial charge >= 0.3 is 0 Å². The zero-order chi connectivity index (χ0) is 17.8. The molecule has 0 fully saturated rings. The van der Waals surface area contributed by atoms with Gasteiger partial charge in [-0.3, -0.25) is 0 Å². The van der Waals surface area contributed by atoms with Gasteiger partial charge in [0, 0.05) is 12.2 Å². The van der Waals surface area contributed by atoms with E-state index in [0.717, 1.165) is 25.9 Å². The Kier molecular flexibility index (Phi) is 5.03. The van der Waals surface area contributed by atoms with Crippen LogP contribution in [0.1, 0.15) is 23.1 Å². The van der Waals surface area contributed by atoms with Crippen molar-refractivity contribution in [3.63, 3.8) is 0 Å². The summed E-state index contributed by atoms with van der Waals surface area (Å²) in [6.07, 6.45) is 3.50. The molecule has 2 heteroatoms. The normalized spacial score (nSPS) is 16.1. The first-order valence-corrected chi connectivity index (χ1v) is 9.52. The van der Waals surface area contributed by atoms with Gasteiger partial charge in [0.1, 0.15) is 0 Å². The lowest BCUT2D eigenvalue weighted by Crippen LogP contribution is -2.22. The first-order valence-electron chi connectivity index (χ1n) is 9.52. The van der Waals surface area contributed by atoms with E-state index in [1.807, 2.05) is 0 Å². The van der Waals surface area contributed by atoms with Crippen molar-refractivity contribution < 1.29 is 0 Å². The molecule has 0 heterocycles. The van der Waals surface area contributed by atoms with Crippen LogP contribution >= 0.6 is 0 Å². The maximum absolute atomic E-state index is 5.84. The molecule has 0 spiro atoms. The van der Waals surface area contributed by atoms with Crippen molar-refractivity contribution in [2.45, 2.75) is 25.8 Å². The summed E-state index contributed by atoms with van der Waals surface area (Å²) < 4.78 is 0. The number of benzene rings is 3. The number of hydrogen-bond donors (Lipinski definition) is 2. The maximum Gasteiger partial charge on any atom is 0.0400 e. The Hall–Kier alpha value is -2.58. The largest absolute Gasteiger partial charge is 0.381 e. The summed E-state index contributed by atoms with van der Waals surface area (Å²) in [5.74, 6) is 0.657. The van der Waals surface area contributed by atoms with Crippen LogP contribution in [-0.2, 0) is 19.4 Å². The molecule has 0 aromatic heterocycles. The van der Waals surface area contributed by atoms with E-state index < -0.39 is 0 Å².